The van der Waals surface area contributed by atoms with Gasteiger partial charge in [0.15, 0.2) is 0 Å². The SMILES string of the molecule is CC(C)(C)OC1CC(Oc2ccc(C#CCN3CCNCC3)nc2)C1. The molecule has 0 atom stereocenters. The number of ether oxygens (including phenoxy) is 2. The number of rotatable bonds is 4. The van der Waals surface area contributed by atoms with Crippen molar-refractivity contribution in [2.75, 3.05) is 32.7 Å². The Bertz CT molecular complexity index is 601. The van der Waals surface area contributed by atoms with Gasteiger partial charge in [-0.25, -0.2) is 4.98 Å². The Balaban J connectivity index is 1.41. The average molecular weight is 343 g/mol. The smallest absolute Gasteiger partial charge is 0.138 e. The zero-order valence-corrected chi connectivity index (χ0v) is 15.5. The Morgan fingerprint density at radius 3 is 2.60 bits per heavy atom. The standard InChI is InChI=1S/C20H29N3O2/c1-20(2,3)25-19-13-18(14-19)24-17-7-6-16(22-15-17)5-4-10-23-11-8-21-9-12-23/h6-7,15,18-19,21H,8-14H2,1-3H3. The number of pyridine rings is 1. The summed E-state index contributed by atoms with van der Waals surface area (Å²) < 4.78 is 11.9. The van der Waals surface area contributed by atoms with Gasteiger partial charge < -0.3 is 14.8 Å². The Hall–Kier alpha value is -1.61. The van der Waals surface area contributed by atoms with Crippen LogP contribution in [0, 0.1) is 11.8 Å². The van der Waals surface area contributed by atoms with E-state index in [-0.39, 0.29) is 11.7 Å². The zero-order valence-electron chi connectivity index (χ0n) is 15.5. The van der Waals surface area contributed by atoms with E-state index in [1.165, 1.54) is 0 Å². The van der Waals surface area contributed by atoms with Gasteiger partial charge in [0.05, 0.1) is 24.4 Å². The Morgan fingerprint density at radius 1 is 1.20 bits per heavy atom. The van der Waals surface area contributed by atoms with Crippen LogP contribution in [0.25, 0.3) is 0 Å². The quantitative estimate of drug-likeness (QED) is 0.848. The first kappa shape index (κ1) is 18.2. The molecule has 0 bridgehead atoms. The van der Waals surface area contributed by atoms with Gasteiger partial charge in [0.25, 0.3) is 0 Å². The molecule has 0 aromatic carbocycles. The Morgan fingerprint density at radius 2 is 1.96 bits per heavy atom. The molecule has 0 radical (unpaired) electrons. The van der Waals surface area contributed by atoms with Crippen molar-refractivity contribution >= 4 is 0 Å². The highest BCUT2D eigenvalue weighted by Crippen LogP contribution is 2.30. The molecule has 1 saturated carbocycles. The predicted octanol–water partition coefficient (Wildman–Crippen LogP) is 2.06. The molecule has 136 valence electrons. The number of piperazine rings is 1. The van der Waals surface area contributed by atoms with E-state index in [1.807, 2.05) is 12.1 Å². The lowest BCUT2D eigenvalue weighted by molar-refractivity contribution is -0.126. The summed E-state index contributed by atoms with van der Waals surface area (Å²) in [6, 6.07) is 3.89. The van der Waals surface area contributed by atoms with E-state index in [0.29, 0.717) is 6.10 Å². The third kappa shape index (κ3) is 6.00. The first-order chi connectivity index (χ1) is 12.0. The lowest BCUT2D eigenvalue weighted by Gasteiger charge is -2.39. The van der Waals surface area contributed by atoms with Crippen molar-refractivity contribution in [1.82, 2.24) is 15.2 Å². The van der Waals surface area contributed by atoms with E-state index < -0.39 is 0 Å². The third-order valence-corrected chi connectivity index (χ3v) is 4.34. The summed E-state index contributed by atoms with van der Waals surface area (Å²) in [6.45, 7) is 11.3. The molecule has 5 nitrogen and oxygen atoms in total. The van der Waals surface area contributed by atoms with E-state index in [9.17, 15) is 0 Å². The maximum Gasteiger partial charge on any atom is 0.138 e. The lowest BCUT2D eigenvalue weighted by atomic mass is 9.91. The van der Waals surface area contributed by atoms with Crippen LogP contribution in [0.2, 0.25) is 0 Å². The van der Waals surface area contributed by atoms with Crippen molar-refractivity contribution in [3.8, 4) is 17.6 Å². The molecule has 0 amide bonds. The van der Waals surface area contributed by atoms with Crippen LogP contribution in [0.1, 0.15) is 39.3 Å². The van der Waals surface area contributed by atoms with Crippen molar-refractivity contribution in [2.24, 2.45) is 0 Å². The molecule has 2 fully saturated rings. The van der Waals surface area contributed by atoms with E-state index in [2.05, 4.69) is 47.8 Å². The molecule has 3 rings (SSSR count). The molecule has 5 heteroatoms. The van der Waals surface area contributed by atoms with Crippen LogP contribution in [0.15, 0.2) is 18.3 Å². The minimum absolute atomic E-state index is 0.0811. The first-order valence-electron chi connectivity index (χ1n) is 9.20. The van der Waals surface area contributed by atoms with Gasteiger partial charge in [0.1, 0.15) is 17.5 Å². The number of aromatic nitrogens is 1. The van der Waals surface area contributed by atoms with Gasteiger partial charge in [0.2, 0.25) is 0 Å². The fourth-order valence-electron chi connectivity index (χ4n) is 3.04. The summed E-state index contributed by atoms with van der Waals surface area (Å²) in [4.78, 5) is 6.75. The van der Waals surface area contributed by atoms with Gasteiger partial charge >= 0.3 is 0 Å². The molecule has 1 aromatic rings. The molecule has 1 N–H and O–H groups in total. The number of hydrogen-bond acceptors (Lipinski definition) is 5. The number of hydrogen-bond donors (Lipinski definition) is 1. The highest BCUT2D eigenvalue weighted by molar-refractivity contribution is 5.31. The van der Waals surface area contributed by atoms with Crippen molar-refractivity contribution in [3.05, 3.63) is 24.0 Å². The van der Waals surface area contributed by atoms with Gasteiger partial charge in [-0.15, -0.1) is 0 Å². The van der Waals surface area contributed by atoms with Crippen LogP contribution in [0.4, 0.5) is 0 Å². The Kier molecular flexibility index (Phi) is 5.95. The molecule has 0 unspecified atom stereocenters. The summed E-state index contributed by atoms with van der Waals surface area (Å²) in [5.74, 6) is 7.16. The molecule has 25 heavy (non-hydrogen) atoms. The van der Waals surface area contributed by atoms with Crippen LogP contribution in [-0.2, 0) is 4.74 Å². The summed E-state index contributed by atoms with van der Waals surface area (Å²) in [5.41, 5.74) is 0.715. The molecular weight excluding hydrogens is 314 g/mol. The fraction of sp³-hybridized carbons (Fsp3) is 0.650. The molecule has 1 aliphatic carbocycles. The summed E-state index contributed by atoms with van der Waals surface area (Å²) in [5, 5.41) is 3.34. The molecule has 0 spiro atoms. The molecule has 1 aromatic heterocycles. The normalized spacial score (nSPS) is 24.1. The molecule has 1 saturated heterocycles. The monoisotopic (exact) mass is 343 g/mol. The zero-order chi connectivity index (χ0) is 17.7. The summed E-state index contributed by atoms with van der Waals surface area (Å²) in [7, 11) is 0. The highest BCUT2D eigenvalue weighted by atomic mass is 16.5. The molecular formula is C20H29N3O2. The number of nitrogens with one attached hydrogen (secondary N) is 1. The third-order valence-electron chi connectivity index (χ3n) is 4.34. The van der Waals surface area contributed by atoms with E-state index in [0.717, 1.165) is 57.0 Å². The summed E-state index contributed by atoms with van der Waals surface area (Å²) >= 11 is 0. The van der Waals surface area contributed by atoms with Crippen molar-refractivity contribution in [3.63, 3.8) is 0 Å². The fourth-order valence-corrected chi connectivity index (χ4v) is 3.04. The second kappa shape index (κ2) is 8.18. The molecule has 1 aliphatic heterocycles. The van der Waals surface area contributed by atoms with E-state index >= 15 is 0 Å². The average Bonchev–Trinajstić information content (AvgIpc) is 2.54. The van der Waals surface area contributed by atoms with Crippen LogP contribution in [0.3, 0.4) is 0 Å². The topological polar surface area (TPSA) is 46.6 Å². The van der Waals surface area contributed by atoms with Crippen LogP contribution >= 0.6 is 0 Å². The van der Waals surface area contributed by atoms with E-state index in [1.54, 1.807) is 6.20 Å². The summed E-state index contributed by atoms with van der Waals surface area (Å²) in [6.07, 6.45) is 4.21. The predicted molar refractivity (Wildman–Crippen MR) is 98.7 cm³/mol. The maximum atomic E-state index is 5.94. The number of nitrogens with zero attached hydrogens (tertiary/aromatic N) is 2. The van der Waals surface area contributed by atoms with Crippen LogP contribution in [-0.4, -0.2) is 60.4 Å². The van der Waals surface area contributed by atoms with Crippen molar-refractivity contribution in [1.29, 1.82) is 0 Å². The largest absolute Gasteiger partial charge is 0.489 e. The van der Waals surface area contributed by atoms with Gasteiger partial charge in [0, 0.05) is 39.0 Å². The maximum absolute atomic E-state index is 5.94. The van der Waals surface area contributed by atoms with Gasteiger partial charge in [-0.1, -0.05) is 5.92 Å². The molecule has 2 aliphatic rings. The minimum Gasteiger partial charge on any atom is -0.489 e. The minimum atomic E-state index is -0.0811. The first-order valence-corrected chi connectivity index (χ1v) is 9.20. The van der Waals surface area contributed by atoms with Gasteiger partial charge in [-0.2, -0.15) is 0 Å². The van der Waals surface area contributed by atoms with E-state index in [4.69, 9.17) is 9.47 Å². The van der Waals surface area contributed by atoms with Gasteiger partial charge in [-0.3, -0.25) is 4.90 Å². The van der Waals surface area contributed by atoms with Crippen molar-refractivity contribution in [2.45, 2.75) is 51.4 Å². The molecule has 2 heterocycles. The van der Waals surface area contributed by atoms with Crippen molar-refractivity contribution < 1.29 is 9.47 Å². The van der Waals surface area contributed by atoms with Crippen LogP contribution in [0.5, 0.6) is 5.75 Å². The van der Waals surface area contributed by atoms with Crippen LogP contribution < -0.4 is 10.1 Å². The van der Waals surface area contributed by atoms with Gasteiger partial charge in [-0.05, 0) is 38.8 Å². The Labute approximate surface area is 151 Å². The lowest BCUT2D eigenvalue weighted by Crippen LogP contribution is -2.43. The second-order valence-electron chi connectivity index (χ2n) is 7.77. The highest BCUT2D eigenvalue weighted by Gasteiger charge is 2.34. The second-order valence-corrected chi connectivity index (χ2v) is 7.77.